The van der Waals surface area contributed by atoms with Crippen LogP contribution in [0.25, 0.3) is 0 Å². The minimum absolute atomic E-state index is 0.308. The van der Waals surface area contributed by atoms with Gasteiger partial charge in [0.2, 0.25) is 5.91 Å². The van der Waals surface area contributed by atoms with Crippen LogP contribution in [0.1, 0.15) is 31.2 Å². The molecule has 0 saturated carbocycles. The van der Waals surface area contributed by atoms with E-state index in [2.05, 4.69) is 26.8 Å². The van der Waals surface area contributed by atoms with Crippen LogP contribution in [0, 0.1) is 0 Å². The van der Waals surface area contributed by atoms with Crippen molar-refractivity contribution < 1.29 is 14.3 Å². The fourth-order valence-corrected chi connectivity index (χ4v) is 3.93. The first-order chi connectivity index (χ1) is 13.2. The number of amides is 1. The summed E-state index contributed by atoms with van der Waals surface area (Å²) in [4.78, 5) is 19.4. The number of carbonyl (C=O) groups is 1. The Morgan fingerprint density at radius 1 is 0.815 bits per heavy atom. The van der Waals surface area contributed by atoms with Crippen LogP contribution >= 0.6 is 0 Å². The highest BCUT2D eigenvalue weighted by atomic mass is 16.5. The standard InChI is InChI=1S/C21H33N3O3/c1-26-19-13-18(14-20(15-19)27-2)16-22-9-11-23(12-10-22)17-21(25)24-7-5-3-4-6-8-24/h13-15H,3-12,16-17H2,1-2H3. The van der Waals surface area contributed by atoms with E-state index in [9.17, 15) is 4.79 Å². The molecule has 1 aromatic rings. The molecule has 6 nitrogen and oxygen atoms in total. The van der Waals surface area contributed by atoms with E-state index >= 15 is 0 Å². The Labute approximate surface area is 163 Å². The zero-order valence-corrected chi connectivity index (χ0v) is 16.8. The summed E-state index contributed by atoms with van der Waals surface area (Å²) >= 11 is 0. The predicted octanol–water partition coefficient (Wildman–Crippen LogP) is 2.22. The molecule has 2 fully saturated rings. The molecule has 3 rings (SSSR count). The van der Waals surface area contributed by atoms with Crippen LogP contribution in [-0.2, 0) is 11.3 Å². The lowest BCUT2D eigenvalue weighted by molar-refractivity contribution is -0.132. The second-order valence-electron chi connectivity index (χ2n) is 7.57. The van der Waals surface area contributed by atoms with Crippen molar-refractivity contribution in [2.24, 2.45) is 0 Å². The third-order valence-electron chi connectivity index (χ3n) is 5.60. The Kier molecular flexibility index (Phi) is 7.35. The number of carbonyl (C=O) groups excluding carboxylic acids is 1. The monoisotopic (exact) mass is 375 g/mol. The highest BCUT2D eigenvalue weighted by Gasteiger charge is 2.22. The Balaban J connectivity index is 1.46. The van der Waals surface area contributed by atoms with Crippen molar-refractivity contribution in [3.05, 3.63) is 23.8 Å². The van der Waals surface area contributed by atoms with Crippen molar-refractivity contribution in [1.29, 1.82) is 0 Å². The van der Waals surface area contributed by atoms with E-state index in [0.29, 0.717) is 12.5 Å². The van der Waals surface area contributed by atoms with Gasteiger partial charge in [0.15, 0.2) is 0 Å². The van der Waals surface area contributed by atoms with Gasteiger partial charge in [0, 0.05) is 51.9 Å². The largest absolute Gasteiger partial charge is 0.497 e. The number of hydrogen-bond donors (Lipinski definition) is 0. The minimum Gasteiger partial charge on any atom is -0.497 e. The van der Waals surface area contributed by atoms with Crippen LogP contribution in [0.5, 0.6) is 11.5 Å². The molecule has 2 saturated heterocycles. The summed E-state index contributed by atoms with van der Waals surface area (Å²) in [6.45, 7) is 7.18. The van der Waals surface area contributed by atoms with Crippen LogP contribution in [-0.4, -0.2) is 80.6 Å². The lowest BCUT2D eigenvalue weighted by Crippen LogP contribution is -2.49. The Bertz CT molecular complexity index is 584. The van der Waals surface area contributed by atoms with Crippen molar-refractivity contribution >= 4 is 5.91 Å². The van der Waals surface area contributed by atoms with E-state index < -0.39 is 0 Å². The van der Waals surface area contributed by atoms with Gasteiger partial charge in [-0.3, -0.25) is 14.6 Å². The van der Waals surface area contributed by atoms with Gasteiger partial charge in [-0.2, -0.15) is 0 Å². The molecule has 0 aliphatic carbocycles. The first-order valence-electron chi connectivity index (χ1n) is 10.1. The zero-order valence-electron chi connectivity index (χ0n) is 16.8. The number of methoxy groups -OCH3 is 2. The average Bonchev–Trinajstić information content (AvgIpc) is 2.98. The molecule has 2 aliphatic rings. The zero-order chi connectivity index (χ0) is 19.1. The molecule has 1 aromatic carbocycles. The molecule has 2 heterocycles. The van der Waals surface area contributed by atoms with Crippen molar-refractivity contribution in [3.63, 3.8) is 0 Å². The van der Waals surface area contributed by atoms with Crippen LogP contribution < -0.4 is 9.47 Å². The lowest BCUT2D eigenvalue weighted by atomic mass is 10.1. The fourth-order valence-electron chi connectivity index (χ4n) is 3.93. The van der Waals surface area contributed by atoms with Crippen LogP contribution in [0.15, 0.2) is 18.2 Å². The summed E-state index contributed by atoms with van der Waals surface area (Å²) in [7, 11) is 3.36. The van der Waals surface area contributed by atoms with Gasteiger partial charge >= 0.3 is 0 Å². The molecule has 0 atom stereocenters. The number of likely N-dealkylation sites (tertiary alicyclic amines) is 1. The smallest absolute Gasteiger partial charge is 0.236 e. The van der Waals surface area contributed by atoms with Gasteiger partial charge in [-0.15, -0.1) is 0 Å². The summed E-state index contributed by atoms with van der Waals surface area (Å²) in [5.74, 6) is 1.96. The summed E-state index contributed by atoms with van der Waals surface area (Å²) < 4.78 is 10.7. The third kappa shape index (κ3) is 5.84. The first-order valence-corrected chi connectivity index (χ1v) is 10.1. The molecule has 2 aliphatic heterocycles. The van der Waals surface area contributed by atoms with Gasteiger partial charge in [-0.25, -0.2) is 0 Å². The SMILES string of the molecule is COc1cc(CN2CCN(CC(=O)N3CCCCCC3)CC2)cc(OC)c1. The molecule has 0 N–H and O–H groups in total. The molecule has 27 heavy (non-hydrogen) atoms. The lowest BCUT2D eigenvalue weighted by Gasteiger charge is -2.35. The number of nitrogens with zero attached hydrogens (tertiary/aromatic N) is 3. The molecule has 0 aromatic heterocycles. The minimum atomic E-state index is 0.308. The van der Waals surface area contributed by atoms with Gasteiger partial charge in [0.1, 0.15) is 11.5 Å². The maximum atomic E-state index is 12.6. The van der Waals surface area contributed by atoms with Gasteiger partial charge in [-0.05, 0) is 30.5 Å². The van der Waals surface area contributed by atoms with E-state index in [0.717, 1.165) is 70.2 Å². The van der Waals surface area contributed by atoms with E-state index in [1.165, 1.54) is 18.4 Å². The number of rotatable bonds is 6. The molecule has 150 valence electrons. The van der Waals surface area contributed by atoms with E-state index in [4.69, 9.17) is 9.47 Å². The maximum Gasteiger partial charge on any atom is 0.236 e. The van der Waals surface area contributed by atoms with E-state index in [1.54, 1.807) is 14.2 Å². The van der Waals surface area contributed by atoms with Gasteiger partial charge in [0.05, 0.1) is 20.8 Å². The Hall–Kier alpha value is -1.79. The topological polar surface area (TPSA) is 45.2 Å². The average molecular weight is 376 g/mol. The highest BCUT2D eigenvalue weighted by Crippen LogP contribution is 2.23. The van der Waals surface area contributed by atoms with Gasteiger partial charge in [-0.1, -0.05) is 12.8 Å². The van der Waals surface area contributed by atoms with Crippen molar-refractivity contribution in [2.75, 3.05) is 60.0 Å². The summed E-state index contributed by atoms with van der Waals surface area (Å²) in [5, 5.41) is 0. The molecule has 1 amide bonds. The Morgan fingerprint density at radius 3 is 1.93 bits per heavy atom. The first kappa shape index (κ1) is 20.0. The van der Waals surface area contributed by atoms with Gasteiger partial charge in [0.25, 0.3) is 0 Å². The van der Waals surface area contributed by atoms with Gasteiger partial charge < -0.3 is 14.4 Å². The van der Waals surface area contributed by atoms with Crippen LogP contribution in [0.3, 0.4) is 0 Å². The van der Waals surface area contributed by atoms with Crippen LogP contribution in [0.2, 0.25) is 0 Å². The quantitative estimate of drug-likeness (QED) is 0.763. The van der Waals surface area contributed by atoms with Crippen LogP contribution in [0.4, 0.5) is 0 Å². The number of piperazine rings is 1. The van der Waals surface area contributed by atoms with Crippen molar-refractivity contribution in [3.8, 4) is 11.5 Å². The van der Waals surface area contributed by atoms with Crippen molar-refractivity contribution in [1.82, 2.24) is 14.7 Å². The molecular formula is C21H33N3O3. The molecule has 0 radical (unpaired) electrons. The highest BCUT2D eigenvalue weighted by molar-refractivity contribution is 5.78. The second-order valence-corrected chi connectivity index (χ2v) is 7.57. The van der Waals surface area contributed by atoms with Crippen molar-refractivity contribution in [2.45, 2.75) is 32.2 Å². The second kappa shape index (κ2) is 9.95. The predicted molar refractivity (Wildman–Crippen MR) is 106 cm³/mol. The summed E-state index contributed by atoms with van der Waals surface area (Å²) in [6, 6.07) is 6.03. The maximum absolute atomic E-state index is 12.6. The molecule has 0 bridgehead atoms. The van der Waals surface area contributed by atoms with E-state index in [1.807, 2.05) is 6.07 Å². The normalized spacial score (nSPS) is 19.6. The summed E-state index contributed by atoms with van der Waals surface area (Å²) in [6.07, 6.45) is 4.84. The molecule has 0 unspecified atom stereocenters. The fraction of sp³-hybridized carbons (Fsp3) is 0.667. The number of benzene rings is 1. The van der Waals surface area contributed by atoms with E-state index in [-0.39, 0.29) is 0 Å². The molecule has 6 heteroatoms. The Morgan fingerprint density at radius 2 is 1.37 bits per heavy atom. The molecular weight excluding hydrogens is 342 g/mol. The molecule has 0 spiro atoms. The summed E-state index contributed by atoms with van der Waals surface area (Å²) in [5.41, 5.74) is 1.19. The third-order valence-corrected chi connectivity index (χ3v) is 5.60. The number of hydrogen-bond acceptors (Lipinski definition) is 5. The number of ether oxygens (including phenoxy) is 2.